The first-order chi connectivity index (χ1) is 8.15. The largest absolute Gasteiger partial charge is 0.376 e. The van der Waals surface area contributed by atoms with Crippen molar-refractivity contribution in [3.8, 4) is 0 Å². The van der Waals surface area contributed by atoms with Crippen LogP contribution in [0.3, 0.4) is 0 Å². The van der Waals surface area contributed by atoms with E-state index in [-0.39, 0.29) is 12.2 Å². The molecule has 0 aromatic heterocycles. The van der Waals surface area contributed by atoms with Gasteiger partial charge in [0, 0.05) is 10.9 Å². The van der Waals surface area contributed by atoms with Crippen molar-refractivity contribution in [1.82, 2.24) is 0 Å². The molecule has 1 aromatic rings. The lowest BCUT2D eigenvalue weighted by Gasteiger charge is -2.18. The Labute approximate surface area is 111 Å². The van der Waals surface area contributed by atoms with E-state index in [0.29, 0.717) is 12.7 Å². The maximum atomic E-state index is 5.99. The van der Waals surface area contributed by atoms with Crippen LogP contribution in [-0.4, -0.2) is 24.9 Å². The molecule has 0 radical (unpaired) electrons. The summed E-state index contributed by atoms with van der Waals surface area (Å²) in [5, 5.41) is 0. The molecule has 0 spiro atoms. The second kappa shape index (κ2) is 5.98. The molecule has 0 N–H and O–H groups in total. The molecule has 0 aliphatic carbocycles. The molecular formula is C14H19BrO2. The van der Waals surface area contributed by atoms with Crippen LogP contribution in [-0.2, 0) is 15.9 Å². The number of halogens is 1. The third kappa shape index (κ3) is 3.80. The molecule has 2 rings (SSSR count). The quantitative estimate of drug-likeness (QED) is 0.831. The van der Waals surface area contributed by atoms with Gasteiger partial charge in [-0.1, -0.05) is 34.1 Å². The molecule has 0 amide bonds. The minimum atomic E-state index is 0.161. The molecule has 3 atom stereocenters. The number of benzene rings is 1. The maximum Gasteiger partial charge on any atom is 0.0852 e. The second-order valence-electron chi connectivity index (χ2n) is 4.74. The Kier molecular flexibility index (Phi) is 4.60. The summed E-state index contributed by atoms with van der Waals surface area (Å²) in [5.41, 5.74) is 1.28. The zero-order chi connectivity index (χ0) is 12.3. The zero-order valence-electron chi connectivity index (χ0n) is 10.4. The van der Waals surface area contributed by atoms with Crippen molar-refractivity contribution in [3.63, 3.8) is 0 Å². The van der Waals surface area contributed by atoms with Crippen molar-refractivity contribution >= 4 is 15.9 Å². The van der Waals surface area contributed by atoms with E-state index in [1.54, 1.807) is 0 Å². The number of hydrogen-bond donors (Lipinski definition) is 0. The molecular weight excluding hydrogens is 280 g/mol. The van der Waals surface area contributed by atoms with Crippen molar-refractivity contribution in [2.75, 3.05) is 6.61 Å². The molecule has 1 aliphatic rings. The molecule has 1 fully saturated rings. The fraction of sp³-hybridized carbons (Fsp3) is 0.571. The van der Waals surface area contributed by atoms with Gasteiger partial charge < -0.3 is 9.47 Å². The fourth-order valence-corrected chi connectivity index (χ4v) is 2.69. The smallest absolute Gasteiger partial charge is 0.0852 e. The Hall–Kier alpha value is -0.380. The minimum absolute atomic E-state index is 0.161. The van der Waals surface area contributed by atoms with Gasteiger partial charge in [-0.05, 0) is 31.9 Å². The van der Waals surface area contributed by atoms with E-state index in [1.807, 2.05) is 6.07 Å². The normalized spacial score (nSPS) is 29.9. The Bertz CT molecular complexity index is 367. The van der Waals surface area contributed by atoms with Crippen molar-refractivity contribution < 1.29 is 9.47 Å². The Morgan fingerprint density at radius 1 is 1.24 bits per heavy atom. The molecule has 1 saturated heterocycles. The molecule has 17 heavy (non-hydrogen) atoms. The summed E-state index contributed by atoms with van der Waals surface area (Å²) in [4.78, 5) is 0. The van der Waals surface area contributed by atoms with Crippen LogP contribution in [0.15, 0.2) is 28.7 Å². The lowest BCUT2D eigenvalue weighted by molar-refractivity contribution is -0.0139. The molecule has 0 saturated carbocycles. The van der Waals surface area contributed by atoms with E-state index in [0.717, 1.165) is 17.3 Å². The van der Waals surface area contributed by atoms with Gasteiger partial charge in [0.1, 0.15) is 0 Å². The van der Waals surface area contributed by atoms with Crippen LogP contribution in [0.5, 0.6) is 0 Å². The molecule has 94 valence electrons. The molecule has 1 aliphatic heterocycles. The lowest BCUT2D eigenvalue weighted by Crippen LogP contribution is -2.23. The van der Waals surface area contributed by atoms with Gasteiger partial charge in [0.05, 0.1) is 24.9 Å². The summed E-state index contributed by atoms with van der Waals surface area (Å²) in [7, 11) is 0. The molecule has 3 unspecified atom stereocenters. The maximum absolute atomic E-state index is 5.99. The molecule has 3 heteroatoms. The first-order valence-electron chi connectivity index (χ1n) is 6.15. The standard InChI is InChI=1S/C14H19BrO2/c1-10-7-11(2)17-13(9-16-10)8-12-5-3-4-6-14(12)15/h3-6,10-11,13H,7-9H2,1-2H3. The van der Waals surface area contributed by atoms with E-state index in [9.17, 15) is 0 Å². The summed E-state index contributed by atoms with van der Waals surface area (Å²) in [5.74, 6) is 0. The average Bonchev–Trinajstić information content (AvgIpc) is 2.43. The third-order valence-corrected chi connectivity index (χ3v) is 3.83. The van der Waals surface area contributed by atoms with Gasteiger partial charge in [0.2, 0.25) is 0 Å². The SMILES string of the molecule is CC1CC(C)OC(Cc2ccccc2Br)CO1. The predicted molar refractivity (Wildman–Crippen MR) is 72.2 cm³/mol. The van der Waals surface area contributed by atoms with Crippen LogP contribution >= 0.6 is 15.9 Å². The van der Waals surface area contributed by atoms with E-state index in [2.05, 4.69) is 48.0 Å². The Balaban J connectivity index is 2.01. The van der Waals surface area contributed by atoms with Crippen molar-refractivity contribution in [2.24, 2.45) is 0 Å². The van der Waals surface area contributed by atoms with Crippen molar-refractivity contribution in [2.45, 2.75) is 45.0 Å². The fourth-order valence-electron chi connectivity index (χ4n) is 2.25. The van der Waals surface area contributed by atoms with Gasteiger partial charge in [-0.25, -0.2) is 0 Å². The summed E-state index contributed by atoms with van der Waals surface area (Å²) >= 11 is 3.57. The Morgan fingerprint density at radius 2 is 2.00 bits per heavy atom. The summed E-state index contributed by atoms with van der Waals surface area (Å²) < 4.78 is 12.9. The Morgan fingerprint density at radius 3 is 2.76 bits per heavy atom. The highest BCUT2D eigenvalue weighted by molar-refractivity contribution is 9.10. The number of ether oxygens (including phenoxy) is 2. The van der Waals surface area contributed by atoms with E-state index < -0.39 is 0 Å². The van der Waals surface area contributed by atoms with Gasteiger partial charge in [-0.15, -0.1) is 0 Å². The van der Waals surface area contributed by atoms with Gasteiger partial charge in [0.15, 0.2) is 0 Å². The van der Waals surface area contributed by atoms with Gasteiger partial charge in [-0.2, -0.15) is 0 Å². The van der Waals surface area contributed by atoms with Crippen LogP contribution in [0, 0.1) is 0 Å². The number of hydrogen-bond acceptors (Lipinski definition) is 2. The van der Waals surface area contributed by atoms with Crippen molar-refractivity contribution in [1.29, 1.82) is 0 Å². The van der Waals surface area contributed by atoms with Gasteiger partial charge in [-0.3, -0.25) is 0 Å². The van der Waals surface area contributed by atoms with Crippen LogP contribution in [0.25, 0.3) is 0 Å². The average molecular weight is 299 g/mol. The topological polar surface area (TPSA) is 18.5 Å². The zero-order valence-corrected chi connectivity index (χ0v) is 11.9. The highest BCUT2D eigenvalue weighted by atomic mass is 79.9. The van der Waals surface area contributed by atoms with Crippen LogP contribution < -0.4 is 0 Å². The summed E-state index contributed by atoms with van der Waals surface area (Å²) in [6, 6.07) is 8.29. The van der Waals surface area contributed by atoms with Crippen LogP contribution in [0.4, 0.5) is 0 Å². The highest BCUT2D eigenvalue weighted by Crippen LogP contribution is 2.21. The third-order valence-electron chi connectivity index (χ3n) is 3.06. The second-order valence-corrected chi connectivity index (χ2v) is 5.60. The minimum Gasteiger partial charge on any atom is -0.376 e. The first-order valence-corrected chi connectivity index (χ1v) is 6.95. The molecule has 0 bridgehead atoms. The van der Waals surface area contributed by atoms with Crippen molar-refractivity contribution in [3.05, 3.63) is 34.3 Å². The molecule has 2 nitrogen and oxygen atoms in total. The van der Waals surface area contributed by atoms with Gasteiger partial charge >= 0.3 is 0 Å². The van der Waals surface area contributed by atoms with E-state index in [4.69, 9.17) is 9.47 Å². The summed E-state index contributed by atoms with van der Waals surface area (Å²) in [6.07, 6.45) is 2.62. The molecule has 1 heterocycles. The highest BCUT2D eigenvalue weighted by Gasteiger charge is 2.22. The monoisotopic (exact) mass is 298 g/mol. The van der Waals surface area contributed by atoms with Crippen LogP contribution in [0.2, 0.25) is 0 Å². The number of rotatable bonds is 2. The van der Waals surface area contributed by atoms with E-state index >= 15 is 0 Å². The van der Waals surface area contributed by atoms with Crippen LogP contribution in [0.1, 0.15) is 25.8 Å². The van der Waals surface area contributed by atoms with Gasteiger partial charge in [0.25, 0.3) is 0 Å². The lowest BCUT2D eigenvalue weighted by atomic mass is 10.1. The molecule has 1 aromatic carbocycles. The predicted octanol–water partition coefficient (Wildman–Crippen LogP) is 3.57. The van der Waals surface area contributed by atoms with E-state index in [1.165, 1.54) is 5.56 Å². The first kappa shape index (κ1) is 13.1. The summed E-state index contributed by atoms with van der Waals surface area (Å²) in [6.45, 7) is 4.92.